The van der Waals surface area contributed by atoms with Gasteiger partial charge in [-0.1, -0.05) is 0 Å². The zero-order chi connectivity index (χ0) is 30.0. The monoisotopic (exact) mass is 588 g/mol. The number of halogens is 2. The Kier molecular flexibility index (Phi) is 7.46. The van der Waals surface area contributed by atoms with Crippen molar-refractivity contribution in [1.82, 2.24) is 4.98 Å². The van der Waals surface area contributed by atoms with E-state index in [0.29, 0.717) is 79.3 Å². The van der Waals surface area contributed by atoms with E-state index in [-0.39, 0.29) is 17.2 Å². The molecule has 2 heterocycles. The van der Waals surface area contributed by atoms with Crippen LogP contribution in [-0.2, 0) is 9.59 Å². The summed E-state index contributed by atoms with van der Waals surface area (Å²) in [6.07, 6.45) is 3.15. The van der Waals surface area contributed by atoms with Crippen molar-refractivity contribution in [2.75, 3.05) is 30.5 Å². The number of nitrogens with zero attached hydrogens (tertiary/aromatic N) is 1. The molecule has 1 fully saturated rings. The van der Waals surface area contributed by atoms with Gasteiger partial charge in [-0.25, -0.2) is 8.78 Å². The lowest BCUT2D eigenvalue weighted by molar-refractivity contribution is -0.131. The van der Waals surface area contributed by atoms with Gasteiger partial charge in [0.1, 0.15) is 24.4 Å². The second kappa shape index (κ2) is 11.5. The molecular formula is C31H26F2N4O6. The maximum absolute atomic E-state index is 15.2. The molecule has 0 radical (unpaired) electrons. The van der Waals surface area contributed by atoms with Crippen LogP contribution in [0.5, 0.6) is 28.7 Å². The topological polar surface area (TPSA) is 135 Å². The minimum Gasteiger partial charge on any atom is -0.489 e. The number of aromatic amines is 1. The van der Waals surface area contributed by atoms with Crippen LogP contribution in [0, 0.1) is 28.4 Å². The van der Waals surface area contributed by atoms with Crippen LogP contribution < -0.4 is 29.6 Å². The molecule has 3 N–H and O–H groups in total. The lowest BCUT2D eigenvalue weighted by Gasteiger charge is -2.22. The smallest absolute Gasteiger partial charge is 0.240 e. The Labute approximate surface area is 244 Å². The van der Waals surface area contributed by atoms with Gasteiger partial charge >= 0.3 is 0 Å². The van der Waals surface area contributed by atoms with E-state index in [9.17, 15) is 14.0 Å². The molecule has 0 bridgehead atoms. The number of aromatic nitrogens is 1. The highest BCUT2D eigenvalue weighted by Gasteiger charge is 2.56. The van der Waals surface area contributed by atoms with E-state index in [2.05, 4.69) is 21.7 Å². The minimum atomic E-state index is -1.29. The van der Waals surface area contributed by atoms with E-state index in [1.165, 1.54) is 36.4 Å². The average Bonchev–Trinajstić information content (AvgIpc) is 3.73. The van der Waals surface area contributed by atoms with E-state index in [0.717, 1.165) is 6.07 Å². The lowest BCUT2D eigenvalue weighted by atomic mass is 10.0. The summed E-state index contributed by atoms with van der Waals surface area (Å²) in [4.78, 5) is 28.9. The van der Waals surface area contributed by atoms with Gasteiger partial charge in [-0.05, 0) is 55.7 Å². The van der Waals surface area contributed by atoms with E-state index >= 15 is 4.39 Å². The molecule has 220 valence electrons. The van der Waals surface area contributed by atoms with E-state index < -0.39 is 28.9 Å². The van der Waals surface area contributed by atoms with Crippen LogP contribution in [0.25, 0.3) is 10.9 Å². The molecule has 0 atom stereocenters. The lowest BCUT2D eigenvalue weighted by Crippen LogP contribution is -2.35. The van der Waals surface area contributed by atoms with Crippen molar-refractivity contribution < 1.29 is 37.3 Å². The molecule has 0 spiro atoms. The highest BCUT2D eigenvalue weighted by atomic mass is 19.1. The van der Waals surface area contributed by atoms with Crippen molar-refractivity contribution in [2.24, 2.45) is 5.41 Å². The van der Waals surface area contributed by atoms with Crippen molar-refractivity contribution in [3.05, 3.63) is 66.4 Å². The summed E-state index contributed by atoms with van der Waals surface area (Å²) in [5, 5.41) is 14.6. The molecule has 6 rings (SSSR count). The van der Waals surface area contributed by atoms with Crippen molar-refractivity contribution >= 4 is 34.1 Å². The number of fused-ring (bicyclic) bond motifs is 3. The fraction of sp³-hybridized carbons (Fsp3) is 0.258. The van der Waals surface area contributed by atoms with Crippen LogP contribution >= 0.6 is 0 Å². The third kappa shape index (κ3) is 5.61. The summed E-state index contributed by atoms with van der Waals surface area (Å²) >= 11 is 0. The maximum Gasteiger partial charge on any atom is 0.240 e. The van der Waals surface area contributed by atoms with Gasteiger partial charge in [0.15, 0.2) is 28.8 Å². The summed E-state index contributed by atoms with van der Waals surface area (Å²) < 4.78 is 51.8. The van der Waals surface area contributed by atoms with Crippen LogP contribution in [0.3, 0.4) is 0 Å². The quantitative estimate of drug-likeness (QED) is 0.152. The Morgan fingerprint density at radius 2 is 1.63 bits per heavy atom. The van der Waals surface area contributed by atoms with E-state index in [4.69, 9.17) is 24.2 Å². The van der Waals surface area contributed by atoms with Gasteiger partial charge in [0.25, 0.3) is 0 Å². The van der Waals surface area contributed by atoms with Crippen molar-refractivity contribution in [1.29, 1.82) is 5.26 Å². The maximum atomic E-state index is 15.2. The molecule has 12 heteroatoms. The Balaban J connectivity index is 1.17. The number of carbonyl (C=O) groups is 2. The zero-order valence-electron chi connectivity index (χ0n) is 22.8. The number of benzene rings is 3. The van der Waals surface area contributed by atoms with Crippen LogP contribution in [0.2, 0.25) is 0 Å². The summed E-state index contributed by atoms with van der Waals surface area (Å²) in [7, 11) is 0. The summed E-state index contributed by atoms with van der Waals surface area (Å²) in [5.41, 5.74) is -0.147. The molecule has 2 amide bonds. The van der Waals surface area contributed by atoms with E-state index in [1.54, 1.807) is 12.3 Å². The molecular weight excluding hydrogens is 562 g/mol. The Morgan fingerprint density at radius 3 is 2.33 bits per heavy atom. The van der Waals surface area contributed by atoms with Crippen molar-refractivity contribution in [2.45, 2.75) is 25.7 Å². The van der Waals surface area contributed by atoms with Crippen molar-refractivity contribution in [3.8, 4) is 34.8 Å². The third-order valence-electron chi connectivity index (χ3n) is 7.20. The summed E-state index contributed by atoms with van der Waals surface area (Å²) in [5.74, 6) is -0.816. The van der Waals surface area contributed by atoms with Crippen LogP contribution in [0.15, 0.2) is 54.7 Å². The Hall–Kier alpha value is -5.31. The number of nitriles is 1. The predicted molar refractivity (Wildman–Crippen MR) is 151 cm³/mol. The highest BCUT2D eigenvalue weighted by molar-refractivity contribution is 6.16. The van der Waals surface area contributed by atoms with Gasteiger partial charge in [0.2, 0.25) is 17.6 Å². The van der Waals surface area contributed by atoms with Crippen LogP contribution in [0.1, 0.15) is 25.7 Å². The minimum absolute atomic E-state index is 0.101. The van der Waals surface area contributed by atoms with Gasteiger partial charge in [0.05, 0.1) is 23.6 Å². The number of hydrogen-bond acceptors (Lipinski definition) is 7. The predicted octanol–water partition coefficient (Wildman–Crippen LogP) is 6.05. The second-order valence-corrected chi connectivity index (χ2v) is 10.2. The molecule has 1 aliphatic carbocycles. The first-order valence-electron chi connectivity index (χ1n) is 13.7. The number of nitrogens with one attached hydrogen (secondary N) is 3. The molecule has 43 heavy (non-hydrogen) atoms. The molecule has 1 aromatic heterocycles. The molecule has 1 aliphatic heterocycles. The van der Waals surface area contributed by atoms with Gasteiger partial charge in [-0.2, -0.15) is 5.26 Å². The normalized spacial score (nSPS) is 14.4. The molecule has 10 nitrogen and oxygen atoms in total. The number of H-pyrrole nitrogens is 1. The SMILES string of the molecule is N#CCCCOc1cc2[nH]cc(Oc3ccc(NC(=O)C4(C(=O)Nc5ccc(F)cc5)CC4)cc3F)c2c2c1OCCO2. The van der Waals surface area contributed by atoms with Gasteiger partial charge in [-0.3, -0.25) is 9.59 Å². The molecule has 1 saturated carbocycles. The fourth-order valence-electron chi connectivity index (χ4n) is 4.77. The summed E-state index contributed by atoms with van der Waals surface area (Å²) in [6, 6.07) is 13.0. The van der Waals surface area contributed by atoms with Gasteiger partial charge < -0.3 is 34.6 Å². The summed E-state index contributed by atoms with van der Waals surface area (Å²) in [6.45, 7) is 0.953. The number of anilines is 2. The highest BCUT2D eigenvalue weighted by Crippen LogP contribution is 2.50. The van der Waals surface area contributed by atoms with Crippen LogP contribution in [-0.4, -0.2) is 36.6 Å². The largest absolute Gasteiger partial charge is 0.489 e. The first kappa shape index (κ1) is 27.8. The van der Waals surface area contributed by atoms with E-state index in [1.807, 2.05) is 0 Å². The number of ether oxygens (including phenoxy) is 4. The molecule has 2 aliphatic rings. The first-order chi connectivity index (χ1) is 20.9. The molecule has 3 aromatic carbocycles. The Morgan fingerprint density at radius 1 is 0.930 bits per heavy atom. The number of carbonyl (C=O) groups excluding carboxylic acids is 2. The number of amides is 2. The number of hydrogen-bond donors (Lipinski definition) is 3. The third-order valence-corrected chi connectivity index (χ3v) is 7.20. The standard InChI is InChI=1S/C31H26F2N4O6/c32-18-3-5-19(6-4-18)36-29(38)31(9-10-31)30(39)37-20-7-8-23(21(33)15-20)43-25-17-35-22-16-24(40-12-2-1-11-34)27-28(26(22)25)42-14-13-41-27/h3-8,15-17,35H,1-2,9-10,12-14H2,(H,36,38)(H,37,39). The zero-order valence-corrected chi connectivity index (χ0v) is 22.8. The number of unbranched alkanes of at least 4 members (excludes halogenated alkanes) is 1. The molecule has 0 saturated heterocycles. The number of rotatable bonds is 10. The average molecular weight is 589 g/mol. The molecule has 0 unspecified atom stereocenters. The van der Waals surface area contributed by atoms with Crippen LogP contribution in [0.4, 0.5) is 20.2 Å². The van der Waals surface area contributed by atoms with Gasteiger partial charge in [0, 0.05) is 36.1 Å². The molecule has 4 aromatic rings. The van der Waals surface area contributed by atoms with Crippen molar-refractivity contribution in [3.63, 3.8) is 0 Å². The fourth-order valence-corrected chi connectivity index (χ4v) is 4.77. The second-order valence-electron chi connectivity index (χ2n) is 10.2. The first-order valence-corrected chi connectivity index (χ1v) is 13.7. The van der Waals surface area contributed by atoms with Gasteiger partial charge in [-0.15, -0.1) is 0 Å². The Bertz CT molecular complexity index is 1740.